The Kier molecular flexibility index (Phi) is 3.05. The molecule has 1 aliphatic carbocycles. The molecule has 80 valence electrons. The number of anilines is 1. The smallest absolute Gasteiger partial charge is 0.230 e. The molecule has 0 radical (unpaired) electrons. The Bertz CT molecular complexity index is 377. The van der Waals surface area contributed by atoms with Crippen molar-refractivity contribution in [3.05, 3.63) is 22.8 Å². The van der Waals surface area contributed by atoms with Crippen molar-refractivity contribution >= 4 is 27.7 Å². The molecular weight excluding hydrogens is 256 g/mol. The van der Waals surface area contributed by atoms with E-state index in [9.17, 15) is 4.79 Å². The molecule has 0 saturated heterocycles. The number of amides is 1. The van der Waals surface area contributed by atoms with E-state index in [1.807, 2.05) is 12.1 Å². The van der Waals surface area contributed by atoms with Crippen molar-refractivity contribution in [1.82, 2.24) is 4.98 Å². The zero-order valence-electron chi connectivity index (χ0n) is 8.61. The molecule has 0 spiro atoms. The van der Waals surface area contributed by atoms with Gasteiger partial charge in [0.25, 0.3) is 0 Å². The fourth-order valence-electron chi connectivity index (χ4n) is 1.62. The average molecular weight is 269 g/mol. The highest BCUT2D eigenvalue weighted by Gasteiger charge is 2.28. The van der Waals surface area contributed by atoms with E-state index in [2.05, 4.69) is 20.9 Å². The van der Waals surface area contributed by atoms with E-state index in [0.717, 1.165) is 17.3 Å². The van der Waals surface area contributed by atoms with E-state index in [-0.39, 0.29) is 11.8 Å². The van der Waals surface area contributed by atoms with Gasteiger partial charge in [0.2, 0.25) is 5.91 Å². The van der Waals surface area contributed by atoms with Crippen molar-refractivity contribution in [2.45, 2.75) is 19.3 Å². The summed E-state index contributed by atoms with van der Waals surface area (Å²) in [6.45, 7) is 0. The SMILES string of the molecule is CN(C(=O)C1CCC1)c1cc(Br)ccn1. The van der Waals surface area contributed by atoms with Crippen molar-refractivity contribution in [1.29, 1.82) is 0 Å². The van der Waals surface area contributed by atoms with Gasteiger partial charge in [-0.05, 0) is 25.0 Å². The lowest BCUT2D eigenvalue weighted by Crippen LogP contribution is -2.36. The van der Waals surface area contributed by atoms with Gasteiger partial charge in [0.15, 0.2) is 0 Å². The molecule has 0 bridgehead atoms. The Morgan fingerprint density at radius 3 is 2.87 bits per heavy atom. The Morgan fingerprint density at radius 2 is 2.33 bits per heavy atom. The van der Waals surface area contributed by atoms with Crippen molar-refractivity contribution in [3.63, 3.8) is 0 Å². The van der Waals surface area contributed by atoms with Gasteiger partial charge in [-0.15, -0.1) is 0 Å². The summed E-state index contributed by atoms with van der Waals surface area (Å²) in [5.74, 6) is 1.11. The van der Waals surface area contributed by atoms with Crippen molar-refractivity contribution < 1.29 is 4.79 Å². The number of hydrogen-bond donors (Lipinski definition) is 0. The minimum absolute atomic E-state index is 0.187. The minimum atomic E-state index is 0.187. The fourth-order valence-corrected chi connectivity index (χ4v) is 1.94. The van der Waals surface area contributed by atoms with Gasteiger partial charge in [0, 0.05) is 23.6 Å². The van der Waals surface area contributed by atoms with Crippen LogP contribution in [0.2, 0.25) is 0 Å². The molecule has 1 aliphatic rings. The quantitative estimate of drug-likeness (QED) is 0.826. The summed E-state index contributed by atoms with van der Waals surface area (Å²) >= 11 is 3.37. The zero-order valence-corrected chi connectivity index (χ0v) is 10.2. The first-order valence-electron chi connectivity index (χ1n) is 5.07. The van der Waals surface area contributed by atoms with Gasteiger partial charge in [-0.2, -0.15) is 0 Å². The Balaban J connectivity index is 2.12. The maximum Gasteiger partial charge on any atom is 0.230 e. The average Bonchev–Trinajstić information content (AvgIpc) is 2.14. The predicted octanol–water partition coefficient (Wildman–Crippen LogP) is 2.61. The second-order valence-corrected chi connectivity index (χ2v) is 4.77. The zero-order chi connectivity index (χ0) is 10.8. The minimum Gasteiger partial charge on any atom is -0.300 e. The molecule has 0 aromatic carbocycles. The lowest BCUT2D eigenvalue weighted by Gasteiger charge is -2.28. The maximum absolute atomic E-state index is 11.9. The first kappa shape index (κ1) is 10.6. The number of halogens is 1. The molecule has 15 heavy (non-hydrogen) atoms. The lowest BCUT2D eigenvalue weighted by atomic mass is 9.84. The van der Waals surface area contributed by atoms with Crippen molar-refractivity contribution in [2.24, 2.45) is 5.92 Å². The van der Waals surface area contributed by atoms with Crippen LogP contribution in [0.5, 0.6) is 0 Å². The molecule has 1 saturated carbocycles. The summed E-state index contributed by atoms with van der Waals surface area (Å²) in [4.78, 5) is 17.7. The largest absolute Gasteiger partial charge is 0.300 e. The molecule has 0 atom stereocenters. The Labute approximate surface area is 97.6 Å². The molecule has 1 aromatic heterocycles. The number of pyridine rings is 1. The standard InChI is InChI=1S/C11H13BrN2O/c1-14(11(15)8-3-2-4-8)10-7-9(12)5-6-13-10/h5-8H,2-4H2,1H3. The van der Waals surface area contributed by atoms with Gasteiger partial charge in [0.1, 0.15) is 5.82 Å². The summed E-state index contributed by atoms with van der Waals surface area (Å²) in [6.07, 6.45) is 4.93. The number of hydrogen-bond acceptors (Lipinski definition) is 2. The van der Waals surface area contributed by atoms with Gasteiger partial charge in [-0.3, -0.25) is 9.69 Å². The number of aromatic nitrogens is 1. The summed E-state index contributed by atoms with van der Waals surface area (Å²) in [5, 5.41) is 0. The van der Waals surface area contributed by atoms with Gasteiger partial charge >= 0.3 is 0 Å². The van der Waals surface area contributed by atoms with Crippen LogP contribution in [-0.4, -0.2) is 17.9 Å². The lowest BCUT2D eigenvalue weighted by molar-refractivity contribution is -0.124. The molecule has 1 heterocycles. The second-order valence-electron chi connectivity index (χ2n) is 3.86. The molecule has 2 rings (SSSR count). The van der Waals surface area contributed by atoms with Crippen LogP contribution in [0.15, 0.2) is 22.8 Å². The highest BCUT2D eigenvalue weighted by atomic mass is 79.9. The molecule has 1 amide bonds. The number of nitrogens with zero attached hydrogens (tertiary/aromatic N) is 2. The van der Waals surface area contributed by atoms with E-state index >= 15 is 0 Å². The fraction of sp³-hybridized carbons (Fsp3) is 0.455. The highest BCUT2D eigenvalue weighted by molar-refractivity contribution is 9.10. The highest BCUT2D eigenvalue weighted by Crippen LogP contribution is 2.29. The summed E-state index contributed by atoms with van der Waals surface area (Å²) < 4.78 is 0.945. The van der Waals surface area contributed by atoms with Crippen LogP contribution in [0.1, 0.15) is 19.3 Å². The van der Waals surface area contributed by atoms with Crippen LogP contribution < -0.4 is 4.90 Å². The van der Waals surface area contributed by atoms with Crippen molar-refractivity contribution in [3.8, 4) is 0 Å². The summed E-state index contributed by atoms with van der Waals surface area (Å²) in [6, 6.07) is 3.71. The molecule has 0 aliphatic heterocycles. The van der Waals surface area contributed by atoms with Crippen LogP contribution in [0.25, 0.3) is 0 Å². The van der Waals surface area contributed by atoms with Gasteiger partial charge < -0.3 is 0 Å². The van der Waals surface area contributed by atoms with Crippen LogP contribution >= 0.6 is 15.9 Å². The summed E-state index contributed by atoms with van der Waals surface area (Å²) in [7, 11) is 1.79. The molecule has 4 heteroatoms. The predicted molar refractivity (Wildman–Crippen MR) is 62.7 cm³/mol. The molecule has 3 nitrogen and oxygen atoms in total. The van der Waals surface area contributed by atoms with Gasteiger partial charge in [-0.25, -0.2) is 4.98 Å². The topological polar surface area (TPSA) is 33.2 Å². The normalized spacial score (nSPS) is 15.9. The third-order valence-corrected chi connectivity index (χ3v) is 3.33. The van der Waals surface area contributed by atoms with Gasteiger partial charge in [-0.1, -0.05) is 22.4 Å². The number of rotatable bonds is 2. The van der Waals surface area contributed by atoms with Crippen molar-refractivity contribution in [2.75, 3.05) is 11.9 Å². The first-order valence-corrected chi connectivity index (χ1v) is 5.87. The molecule has 0 unspecified atom stereocenters. The van der Waals surface area contributed by atoms with E-state index in [0.29, 0.717) is 5.82 Å². The van der Waals surface area contributed by atoms with Crippen LogP contribution in [-0.2, 0) is 4.79 Å². The van der Waals surface area contributed by atoms with Gasteiger partial charge in [0.05, 0.1) is 0 Å². The number of carbonyl (C=O) groups excluding carboxylic acids is 1. The summed E-state index contributed by atoms with van der Waals surface area (Å²) in [5.41, 5.74) is 0. The van der Waals surface area contributed by atoms with E-state index in [4.69, 9.17) is 0 Å². The second kappa shape index (κ2) is 4.31. The molecule has 1 fully saturated rings. The molecule has 0 N–H and O–H groups in total. The monoisotopic (exact) mass is 268 g/mol. The van der Waals surface area contributed by atoms with E-state index in [1.54, 1.807) is 18.1 Å². The third-order valence-electron chi connectivity index (χ3n) is 2.84. The number of carbonyl (C=O) groups is 1. The van der Waals surface area contributed by atoms with Crippen LogP contribution in [0.4, 0.5) is 5.82 Å². The molecule has 1 aromatic rings. The maximum atomic E-state index is 11.9. The van der Waals surface area contributed by atoms with E-state index in [1.165, 1.54) is 6.42 Å². The Hall–Kier alpha value is -0.900. The Morgan fingerprint density at radius 1 is 1.60 bits per heavy atom. The van der Waals surface area contributed by atoms with Crippen LogP contribution in [0.3, 0.4) is 0 Å². The molecular formula is C11H13BrN2O. The van der Waals surface area contributed by atoms with E-state index < -0.39 is 0 Å². The first-order chi connectivity index (χ1) is 7.18. The third kappa shape index (κ3) is 2.20. The van der Waals surface area contributed by atoms with Crippen LogP contribution in [0, 0.1) is 5.92 Å².